The topological polar surface area (TPSA) is 81.2 Å². The van der Waals surface area contributed by atoms with Crippen LogP contribution in [0, 0.1) is 13.8 Å². The SMILES string of the molecule is Cc1n[nH]c(C)c1NC(=O)CN1CCC[C@H]1C[C@H](O)c1ccccc1. The normalized spacial score (nSPS) is 19.1. The first-order valence-electron chi connectivity index (χ1n) is 8.83. The highest BCUT2D eigenvalue weighted by atomic mass is 16.3. The lowest BCUT2D eigenvalue weighted by molar-refractivity contribution is -0.117. The van der Waals surface area contributed by atoms with Crippen LogP contribution < -0.4 is 5.32 Å². The van der Waals surface area contributed by atoms with E-state index in [4.69, 9.17) is 0 Å². The number of aliphatic hydroxyl groups excluding tert-OH is 1. The van der Waals surface area contributed by atoms with Gasteiger partial charge in [-0.05, 0) is 45.2 Å². The number of aromatic nitrogens is 2. The van der Waals surface area contributed by atoms with Crippen molar-refractivity contribution in [3.63, 3.8) is 0 Å². The maximum Gasteiger partial charge on any atom is 0.238 e. The lowest BCUT2D eigenvalue weighted by Crippen LogP contribution is -2.37. The van der Waals surface area contributed by atoms with E-state index in [0.717, 1.165) is 42.0 Å². The minimum Gasteiger partial charge on any atom is -0.388 e. The molecule has 2 heterocycles. The molecule has 1 amide bonds. The molecular weight excluding hydrogens is 316 g/mol. The zero-order valence-electron chi connectivity index (χ0n) is 14.8. The third-order valence-electron chi connectivity index (χ3n) is 4.92. The summed E-state index contributed by atoms with van der Waals surface area (Å²) in [5, 5.41) is 20.4. The third-order valence-corrected chi connectivity index (χ3v) is 4.92. The fourth-order valence-corrected chi connectivity index (χ4v) is 3.54. The van der Waals surface area contributed by atoms with Crippen LogP contribution in [0.1, 0.15) is 42.3 Å². The van der Waals surface area contributed by atoms with Gasteiger partial charge in [-0.25, -0.2) is 0 Å². The van der Waals surface area contributed by atoms with Gasteiger partial charge in [0, 0.05) is 6.04 Å². The quantitative estimate of drug-likeness (QED) is 0.753. The van der Waals surface area contributed by atoms with E-state index in [0.29, 0.717) is 13.0 Å². The summed E-state index contributed by atoms with van der Waals surface area (Å²) < 4.78 is 0. The van der Waals surface area contributed by atoms with E-state index in [-0.39, 0.29) is 11.9 Å². The standard InChI is InChI=1S/C19H26N4O2/c1-13-19(14(2)22-21-13)20-18(25)12-23-10-6-9-16(23)11-17(24)15-7-4-3-5-8-15/h3-5,7-8,16-17,24H,6,9-12H2,1-2H3,(H,20,25)(H,21,22)/t16-,17-/m0/s1. The van der Waals surface area contributed by atoms with Crippen molar-refractivity contribution in [2.45, 2.75) is 45.3 Å². The number of hydrogen-bond acceptors (Lipinski definition) is 4. The van der Waals surface area contributed by atoms with Crippen LogP contribution in [-0.2, 0) is 4.79 Å². The molecule has 3 rings (SSSR count). The number of nitrogens with zero attached hydrogens (tertiary/aromatic N) is 2. The molecule has 2 atom stereocenters. The van der Waals surface area contributed by atoms with Crippen molar-refractivity contribution in [2.24, 2.45) is 0 Å². The van der Waals surface area contributed by atoms with Crippen LogP contribution in [0.5, 0.6) is 0 Å². The molecule has 1 fully saturated rings. The molecule has 134 valence electrons. The highest BCUT2D eigenvalue weighted by Gasteiger charge is 2.28. The Morgan fingerprint density at radius 2 is 2.16 bits per heavy atom. The number of carbonyl (C=O) groups is 1. The molecule has 0 spiro atoms. The second-order valence-electron chi connectivity index (χ2n) is 6.79. The number of aryl methyl sites for hydroxylation is 2. The fraction of sp³-hybridized carbons (Fsp3) is 0.474. The number of aromatic amines is 1. The molecule has 1 saturated heterocycles. The van der Waals surface area contributed by atoms with E-state index in [9.17, 15) is 9.90 Å². The number of rotatable bonds is 6. The monoisotopic (exact) mass is 342 g/mol. The van der Waals surface area contributed by atoms with Gasteiger partial charge in [0.2, 0.25) is 5.91 Å². The molecule has 1 aromatic carbocycles. The average Bonchev–Trinajstić information content (AvgIpc) is 3.17. The van der Waals surface area contributed by atoms with Crippen molar-refractivity contribution in [2.75, 3.05) is 18.4 Å². The highest BCUT2D eigenvalue weighted by molar-refractivity contribution is 5.93. The van der Waals surface area contributed by atoms with Crippen LogP contribution in [0.25, 0.3) is 0 Å². The second kappa shape index (κ2) is 7.80. The number of H-pyrrole nitrogens is 1. The van der Waals surface area contributed by atoms with Gasteiger partial charge in [-0.1, -0.05) is 30.3 Å². The Hall–Kier alpha value is -2.18. The van der Waals surface area contributed by atoms with Gasteiger partial charge in [0.25, 0.3) is 0 Å². The van der Waals surface area contributed by atoms with Gasteiger partial charge in [-0.3, -0.25) is 14.8 Å². The fourth-order valence-electron chi connectivity index (χ4n) is 3.54. The summed E-state index contributed by atoms with van der Waals surface area (Å²) >= 11 is 0. The van der Waals surface area contributed by atoms with Crippen LogP contribution in [0.2, 0.25) is 0 Å². The van der Waals surface area contributed by atoms with Crippen molar-refractivity contribution < 1.29 is 9.90 Å². The van der Waals surface area contributed by atoms with Gasteiger partial charge in [-0.2, -0.15) is 5.10 Å². The Labute approximate surface area is 148 Å². The molecule has 6 nitrogen and oxygen atoms in total. The minimum absolute atomic E-state index is 0.0336. The average molecular weight is 342 g/mol. The summed E-state index contributed by atoms with van der Waals surface area (Å²) in [4.78, 5) is 14.6. The molecule has 3 N–H and O–H groups in total. The molecule has 0 saturated carbocycles. The van der Waals surface area contributed by atoms with Crippen LogP contribution in [0.4, 0.5) is 5.69 Å². The van der Waals surface area contributed by atoms with Gasteiger partial charge in [-0.15, -0.1) is 0 Å². The molecule has 0 aliphatic carbocycles. The van der Waals surface area contributed by atoms with Crippen molar-refractivity contribution in [1.29, 1.82) is 0 Å². The maximum absolute atomic E-state index is 12.4. The van der Waals surface area contributed by atoms with Gasteiger partial charge < -0.3 is 10.4 Å². The van der Waals surface area contributed by atoms with E-state index in [1.165, 1.54) is 0 Å². The summed E-state index contributed by atoms with van der Waals surface area (Å²) in [6, 6.07) is 9.94. The van der Waals surface area contributed by atoms with Crippen LogP contribution in [0.3, 0.4) is 0 Å². The van der Waals surface area contributed by atoms with Crippen LogP contribution >= 0.6 is 0 Å². The zero-order valence-corrected chi connectivity index (χ0v) is 14.8. The summed E-state index contributed by atoms with van der Waals surface area (Å²) in [7, 11) is 0. The van der Waals surface area contributed by atoms with E-state index in [1.807, 2.05) is 44.2 Å². The Bertz CT molecular complexity index is 694. The summed E-state index contributed by atoms with van der Waals surface area (Å²) in [5.74, 6) is -0.0336. The Morgan fingerprint density at radius 1 is 1.40 bits per heavy atom. The van der Waals surface area contributed by atoms with Crippen molar-refractivity contribution in [3.8, 4) is 0 Å². The molecule has 0 radical (unpaired) electrons. The first-order chi connectivity index (χ1) is 12.0. The summed E-state index contributed by atoms with van der Waals surface area (Å²) in [5.41, 5.74) is 3.36. The van der Waals surface area contributed by atoms with Crippen molar-refractivity contribution in [1.82, 2.24) is 15.1 Å². The molecule has 2 aromatic rings. The van der Waals surface area contributed by atoms with E-state index in [2.05, 4.69) is 20.4 Å². The number of amides is 1. The van der Waals surface area contributed by atoms with E-state index >= 15 is 0 Å². The van der Waals surface area contributed by atoms with Gasteiger partial charge in [0.1, 0.15) is 0 Å². The lowest BCUT2D eigenvalue weighted by Gasteiger charge is -2.26. The number of aliphatic hydroxyl groups is 1. The second-order valence-corrected chi connectivity index (χ2v) is 6.79. The Morgan fingerprint density at radius 3 is 2.84 bits per heavy atom. The number of nitrogens with one attached hydrogen (secondary N) is 2. The van der Waals surface area contributed by atoms with Gasteiger partial charge >= 0.3 is 0 Å². The van der Waals surface area contributed by atoms with Crippen molar-refractivity contribution >= 4 is 11.6 Å². The molecular formula is C19H26N4O2. The third kappa shape index (κ3) is 4.27. The minimum atomic E-state index is -0.492. The lowest BCUT2D eigenvalue weighted by atomic mass is 10.0. The van der Waals surface area contributed by atoms with Crippen molar-refractivity contribution in [3.05, 3.63) is 47.3 Å². The smallest absolute Gasteiger partial charge is 0.238 e. The molecule has 0 bridgehead atoms. The van der Waals surface area contributed by atoms with E-state index < -0.39 is 6.10 Å². The number of anilines is 1. The predicted octanol–water partition coefficient (Wildman–Crippen LogP) is 2.55. The molecule has 1 aromatic heterocycles. The number of likely N-dealkylation sites (tertiary alicyclic amines) is 1. The maximum atomic E-state index is 12.4. The Kier molecular flexibility index (Phi) is 5.50. The first-order valence-corrected chi connectivity index (χ1v) is 8.83. The predicted molar refractivity (Wildman–Crippen MR) is 97.3 cm³/mol. The first kappa shape index (κ1) is 17.6. The zero-order chi connectivity index (χ0) is 17.8. The Balaban J connectivity index is 1.57. The van der Waals surface area contributed by atoms with Crippen LogP contribution in [0.15, 0.2) is 30.3 Å². The number of hydrogen-bond donors (Lipinski definition) is 3. The van der Waals surface area contributed by atoms with Crippen LogP contribution in [-0.4, -0.2) is 45.2 Å². The van der Waals surface area contributed by atoms with E-state index in [1.54, 1.807) is 0 Å². The number of benzene rings is 1. The molecule has 6 heteroatoms. The highest BCUT2D eigenvalue weighted by Crippen LogP contribution is 2.27. The summed E-state index contributed by atoms with van der Waals surface area (Å²) in [6.07, 6.45) is 2.24. The molecule has 0 unspecified atom stereocenters. The van der Waals surface area contributed by atoms with Gasteiger partial charge in [0.15, 0.2) is 0 Å². The summed E-state index contributed by atoms with van der Waals surface area (Å²) in [6.45, 7) is 5.00. The van der Waals surface area contributed by atoms with Gasteiger partial charge in [0.05, 0.1) is 29.7 Å². The molecule has 1 aliphatic rings. The largest absolute Gasteiger partial charge is 0.388 e. The number of carbonyl (C=O) groups excluding carboxylic acids is 1. The molecule has 1 aliphatic heterocycles. The molecule has 25 heavy (non-hydrogen) atoms.